The van der Waals surface area contributed by atoms with E-state index in [1.54, 1.807) is 26.2 Å². The Morgan fingerprint density at radius 1 is 1.56 bits per heavy atom. The van der Waals surface area contributed by atoms with Crippen LogP contribution in [0.2, 0.25) is 0 Å². The standard InChI is InChI=1S/C14H18N2O2/c1-5-14(3,9-15)16-13(17)11-7-6-10(2)12(8-11)18-4/h6-8H,5H2,1-4H3,(H,16,17). The third kappa shape index (κ3) is 3.01. The van der Waals surface area contributed by atoms with Gasteiger partial charge in [-0.05, 0) is 38.0 Å². The summed E-state index contributed by atoms with van der Waals surface area (Å²) >= 11 is 0. The summed E-state index contributed by atoms with van der Waals surface area (Å²) in [7, 11) is 1.56. The lowest BCUT2D eigenvalue weighted by Gasteiger charge is -2.21. The molecular formula is C14H18N2O2. The first kappa shape index (κ1) is 14.0. The van der Waals surface area contributed by atoms with Gasteiger partial charge in [-0.15, -0.1) is 0 Å². The van der Waals surface area contributed by atoms with Crippen molar-refractivity contribution >= 4 is 5.91 Å². The molecule has 1 aromatic carbocycles. The second-order valence-electron chi connectivity index (χ2n) is 4.44. The molecule has 0 fully saturated rings. The fraction of sp³-hybridized carbons (Fsp3) is 0.429. The van der Waals surface area contributed by atoms with Crippen molar-refractivity contribution in [3.63, 3.8) is 0 Å². The van der Waals surface area contributed by atoms with Crippen LogP contribution in [0.15, 0.2) is 18.2 Å². The minimum atomic E-state index is -0.838. The molecule has 0 saturated heterocycles. The summed E-state index contributed by atoms with van der Waals surface area (Å²) < 4.78 is 5.17. The number of nitrogens with one attached hydrogen (secondary N) is 1. The molecule has 1 amide bonds. The van der Waals surface area contributed by atoms with Gasteiger partial charge in [0.1, 0.15) is 11.3 Å². The van der Waals surface area contributed by atoms with E-state index in [0.717, 1.165) is 5.56 Å². The van der Waals surface area contributed by atoms with Gasteiger partial charge in [0.05, 0.1) is 13.2 Å². The molecule has 1 unspecified atom stereocenters. The lowest BCUT2D eigenvalue weighted by atomic mass is 10.0. The highest BCUT2D eigenvalue weighted by molar-refractivity contribution is 5.95. The Morgan fingerprint density at radius 3 is 2.72 bits per heavy atom. The monoisotopic (exact) mass is 246 g/mol. The molecule has 1 atom stereocenters. The molecule has 18 heavy (non-hydrogen) atoms. The van der Waals surface area contributed by atoms with Crippen molar-refractivity contribution in [3.8, 4) is 11.8 Å². The predicted octanol–water partition coefficient (Wildman–Crippen LogP) is 2.43. The maximum Gasteiger partial charge on any atom is 0.252 e. The smallest absolute Gasteiger partial charge is 0.252 e. The molecule has 0 radical (unpaired) electrons. The van der Waals surface area contributed by atoms with E-state index in [9.17, 15) is 4.79 Å². The zero-order valence-corrected chi connectivity index (χ0v) is 11.2. The predicted molar refractivity (Wildman–Crippen MR) is 69.5 cm³/mol. The summed E-state index contributed by atoms with van der Waals surface area (Å²) in [5.74, 6) is 0.400. The van der Waals surface area contributed by atoms with Crippen LogP contribution in [0.3, 0.4) is 0 Å². The second kappa shape index (κ2) is 5.54. The third-order valence-electron chi connectivity index (χ3n) is 3.01. The Balaban J connectivity index is 2.95. The first-order chi connectivity index (χ1) is 8.45. The van der Waals surface area contributed by atoms with Gasteiger partial charge >= 0.3 is 0 Å². The van der Waals surface area contributed by atoms with E-state index >= 15 is 0 Å². The third-order valence-corrected chi connectivity index (χ3v) is 3.01. The van der Waals surface area contributed by atoms with Gasteiger partial charge in [0.2, 0.25) is 0 Å². The van der Waals surface area contributed by atoms with E-state index in [1.807, 2.05) is 19.9 Å². The van der Waals surface area contributed by atoms with Gasteiger partial charge in [0.25, 0.3) is 5.91 Å². The molecule has 4 nitrogen and oxygen atoms in total. The van der Waals surface area contributed by atoms with Gasteiger partial charge in [-0.3, -0.25) is 4.79 Å². The van der Waals surface area contributed by atoms with Crippen LogP contribution in [0.4, 0.5) is 0 Å². The second-order valence-corrected chi connectivity index (χ2v) is 4.44. The molecule has 0 spiro atoms. The first-order valence-electron chi connectivity index (χ1n) is 5.84. The summed E-state index contributed by atoms with van der Waals surface area (Å²) in [6, 6.07) is 7.33. The molecule has 0 aliphatic heterocycles. The van der Waals surface area contributed by atoms with Crippen molar-refractivity contribution in [2.24, 2.45) is 0 Å². The van der Waals surface area contributed by atoms with Crippen molar-refractivity contribution < 1.29 is 9.53 Å². The fourth-order valence-electron chi connectivity index (χ4n) is 1.48. The van der Waals surface area contributed by atoms with Gasteiger partial charge < -0.3 is 10.1 Å². The molecule has 0 heterocycles. The number of nitrogens with zero attached hydrogens (tertiary/aromatic N) is 1. The van der Waals surface area contributed by atoms with Gasteiger partial charge in [-0.1, -0.05) is 13.0 Å². The molecule has 0 bridgehead atoms. The number of methoxy groups -OCH3 is 1. The summed E-state index contributed by atoms with van der Waals surface area (Å²) in [6.45, 7) is 5.47. The van der Waals surface area contributed by atoms with Crippen LogP contribution in [0.5, 0.6) is 5.75 Å². The molecule has 0 aliphatic rings. The Labute approximate surface area is 108 Å². The highest BCUT2D eigenvalue weighted by Gasteiger charge is 2.24. The fourth-order valence-corrected chi connectivity index (χ4v) is 1.48. The lowest BCUT2D eigenvalue weighted by Crippen LogP contribution is -2.44. The molecule has 96 valence electrons. The minimum Gasteiger partial charge on any atom is -0.496 e. The Hall–Kier alpha value is -2.02. The van der Waals surface area contributed by atoms with E-state index in [1.165, 1.54) is 0 Å². The zero-order valence-electron chi connectivity index (χ0n) is 11.2. The number of carbonyl (C=O) groups is 1. The normalized spacial score (nSPS) is 13.3. The van der Waals surface area contributed by atoms with Crippen LogP contribution >= 0.6 is 0 Å². The zero-order chi connectivity index (χ0) is 13.8. The molecular weight excluding hydrogens is 228 g/mol. The molecule has 1 N–H and O–H groups in total. The Kier molecular flexibility index (Phi) is 4.33. The average Bonchev–Trinajstić information content (AvgIpc) is 2.39. The van der Waals surface area contributed by atoms with Crippen LogP contribution < -0.4 is 10.1 Å². The highest BCUT2D eigenvalue weighted by atomic mass is 16.5. The van der Waals surface area contributed by atoms with Crippen LogP contribution in [0, 0.1) is 18.3 Å². The SMILES string of the molecule is CCC(C)(C#N)NC(=O)c1ccc(C)c(OC)c1. The highest BCUT2D eigenvalue weighted by Crippen LogP contribution is 2.19. The van der Waals surface area contributed by atoms with Crippen molar-refractivity contribution in [2.75, 3.05) is 7.11 Å². The molecule has 4 heteroatoms. The number of rotatable bonds is 4. The van der Waals surface area contributed by atoms with Gasteiger partial charge in [-0.25, -0.2) is 0 Å². The van der Waals surface area contributed by atoms with Crippen molar-refractivity contribution in [3.05, 3.63) is 29.3 Å². The van der Waals surface area contributed by atoms with Crippen molar-refractivity contribution in [1.82, 2.24) is 5.32 Å². The van der Waals surface area contributed by atoms with Crippen LogP contribution in [-0.2, 0) is 0 Å². The molecule has 0 aromatic heterocycles. The van der Waals surface area contributed by atoms with E-state index in [4.69, 9.17) is 10.00 Å². The van der Waals surface area contributed by atoms with E-state index in [0.29, 0.717) is 17.7 Å². The van der Waals surface area contributed by atoms with E-state index in [2.05, 4.69) is 11.4 Å². The van der Waals surface area contributed by atoms with Crippen LogP contribution in [0.1, 0.15) is 36.2 Å². The van der Waals surface area contributed by atoms with Crippen molar-refractivity contribution in [2.45, 2.75) is 32.7 Å². The summed E-state index contributed by atoms with van der Waals surface area (Å²) in [4.78, 5) is 12.0. The first-order valence-corrected chi connectivity index (χ1v) is 5.84. The van der Waals surface area contributed by atoms with E-state index in [-0.39, 0.29) is 5.91 Å². The molecule has 0 aliphatic carbocycles. The number of carbonyl (C=O) groups excluding carboxylic acids is 1. The number of nitriles is 1. The summed E-state index contributed by atoms with van der Waals surface area (Å²) in [5, 5.41) is 11.8. The van der Waals surface area contributed by atoms with Crippen molar-refractivity contribution in [1.29, 1.82) is 5.26 Å². The Morgan fingerprint density at radius 2 is 2.22 bits per heavy atom. The maximum atomic E-state index is 12.0. The van der Waals surface area contributed by atoms with Gasteiger partial charge in [0.15, 0.2) is 0 Å². The summed E-state index contributed by atoms with van der Waals surface area (Å²) in [5.41, 5.74) is 0.620. The number of amides is 1. The molecule has 1 aromatic rings. The summed E-state index contributed by atoms with van der Waals surface area (Å²) in [6.07, 6.45) is 0.554. The minimum absolute atomic E-state index is 0.265. The molecule has 1 rings (SSSR count). The van der Waals surface area contributed by atoms with Gasteiger partial charge in [0, 0.05) is 5.56 Å². The van der Waals surface area contributed by atoms with Gasteiger partial charge in [-0.2, -0.15) is 5.26 Å². The average molecular weight is 246 g/mol. The van der Waals surface area contributed by atoms with Crippen LogP contribution in [0.25, 0.3) is 0 Å². The number of ether oxygens (including phenoxy) is 1. The number of benzene rings is 1. The topological polar surface area (TPSA) is 62.1 Å². The number of hydrogen-bond donors (Lipinski definition) is 1. The Bertz CT molecular complexity index is 491. The quantitative estimate of drug-likeness (QED) is 0.887. The lowest BCUT2D eigenvalue weighted by molar-refractivity contribution is 0.0922. The number of aryl methyl sites for hydroxylation is 1. The number of hydrogen-bond acceptors (Lipinski definition) is 3. The maximum absolute atomic E-state index is 12.0. The van der Waals surface area contributed by atoms with E-state index < -0.39 is 5.54 Å². The molecule has 0 saturated carbocycles. The largest absolute Gasteiger partial charge is 0.496 e. The van der Waals surface area contributed by atoms with Crippen LogP contribution in [-0.4, -0.2) is 18.6 Å².